The Bertz CT molecular complexity index is 407. The Morgan fingerprint density at radius 2 is 1.90 bits per heavy atom. The fraction of sp³-hybridized carbons (Fsp3) is 0.625. The zero-order chi connectivity index (χ0) is 14.4. The molecule has 0 amide bonds. The third-order valence-corrected chi connectivity index (χ3v) is 4.17. The molecule has 0 heterocycles. The van der Waals surface area contributed by atoms with Gasteiger partial charge in [0.05, 0.1) is 19.8 Å². The minimum absolute atomic E-state index is 0.0702. The van der Waals surface area contributed by atoms with Crippen LogP contribution in [-0.4, -0.2) is 30.5 Å². The Kier molecular flexibility index (Phi) is 5.26. The maximum atomic E-state index is 9.41. The molecule has 1 aliphatic carbocycles. The molecule has 0 saturated heterocycles. The highest BCUT2D eigenvalue weighted by molar-refractivity contribution is 5.31. The Morgan fingerprint density at radius 1 is 1.25 bits per heavy atom. The predicted molar refractivity (Wildman–Crippen MR) is 79.1 cm³/mol. The molecule has 3 N–H and O–H groups in total. The van der Waals surface area contributed by atoms with Crippen LogP contribution in [0.15, 0.2) is 24.3 Å². The molecular formula is C16H25NO3. The summed E-state index contributed by atoms with van der Waals surface area (Å²) in [6.07, 6.45) is 4.00. The van der Waals surface area contributed by atoms with Crippen LogP contribution in [0.3, 0.4) is 0 Å². The first-order valence-corrected chi connectivity index (χ1v) is 7.43. The number of nitrogens with two attached hydrogens (primary N) is 1. The quantitative estimate of drug-likeness (QED) is 0.804. The summed E-state index contributed by atoms with van der Waals surface area (Å²) < 4.78 is 11.1. The summed E-state index contributed by atoms with van der Waals surface area (Å²) in [6.45, 7) is 3.34. The van der Waals surface area contributed by atoms with Crippen LogP contribution < -0.4 is 15.2 Å². The highest BCUT2D eigenvalue weighted by atomic mass is 16.5. The zero-order valence-electron chi connectivity index (χ0n) is 12.2. The molecular weight excluding hydrogens is 254 g/mol. The second kappa shape index (κ2) is 6.95. The Labute approximate surface area is 120 Å². The molecule has 0 bridgehead atoms. The molecule has 1 saturated carbocycles. The highest BCUT2D eigenvalue weighted by Crippen LogP contribution is 2.35. The van der Waals surface area contributed by atoms with E-state index in [0.717, 1.165) is 37.2 Å². The van der Waals surface area contributed by atoms with E-state index in [1.54, 1.807) is 0 Å². The van der Waals surface area contributed by atoms with Crippen molar-refractivity contribution in [1.29, 1.82) is 0 Å². The summed E-state index contributed by atoms with van der Waals surface area (Å²) in [5, 5.41) is 9.41. The van der Waals surface area contributed by atoms with Crippen molar-refractivity contribution >= 4 is 0 Å². The molecule has 4 heteroatoms. The average molecular weight is 279 g/mol. The molecule has 0 spiro atoms. The van der Waals surface area contributed by atoms with Gasteiger partial charge < -0.3 is 20.3 Å². The molecule has 2 rings (SSSR count). The van der Waals surface area contributed by atoms with E-state index >= 15 is 0 Å². The van der Waals surface area contributed by atoms with E-state index in [2.05, 4.69) is 0 Å². The van der Waals surface area contributed by atoms with Gasteiger partial charge in [-0.3, -0.25) is 0 Å². The molecule has 0 aliphatic heterocycles. The van der Waals surface area contributed by atoms with E-state index in [1.807, 2.05) is 31.2 Å². The summed E-state index contributed by atoms with van der Waals surface area (Å²) >= 11 is 0. The molecule has 1 aliphatic rings. The lowest BCUT2D eigenvalue weighted by atomic mass is 9.87. The van der Waals surface area contributed by atoms with Crippen LogP contribution in [0.2, 0.25) is 0 Å². The van der Waals surface area contributed by atoms with Gasteiger partial charge in [-0.1, -0.05) is 6.42 Å². The fourth-order valence-electron chi connectivity index (χ4n) is 2.93. The molecule has 0 aromatic heterocycles. The smallest absolute Gasteiger partial charge is 0.119 e. The van der Waals surface area contributed by atoms with Crippen LogP contribution in [-0.2, 0) is 0 Å². The van der Waals surface area contributed by atoms with Gasteiger partial charge in [-0.25, -0.2) is 0 Å². The Hall–Kier alpha value is -1.26. The SMILES string of the molecule is CCOc1ccc(OCCC2CCCC2(N)CO)cc1. The van der Waals surface area contributed by atoms with Crippen LogP contribution in [0.25, 0.3) is 0 Å². The predicted octanol–water partition coefficient (Wildman–Crippen LogP) is 2.34. The minimum atomic E-state index is -0.401. The third-order valence-electron chi connectivity index (χ3n) is 4.17. The van der Waals surface area contributed by atoms with Gasteiger partial charge in [-0.05, 0) is 56.4 Å². The lowest BCUT2D eigenvalue weighted by molar-refractivity contribution is 0.143. The van der Waals surface area contributed by atoms with E-state index in [-0.39, 0.29) is 6.61 Å². The van der Waals surface area contributed by atoms with E-state index in [9.17, 15) is 5.11 Å². The molecule has 1 aromatic rings. The Balaban J connectivity index is 1.78. The topological polar surface area (TPSA) is 64.7 Å². The number of hydrogen-bond acceptors (Lipinski definition) is 4. The normalized spacial score (nSPS) is 25.6. The molecule has 2 unspecified atom stereocenters. The number of hydrogen-bond donors (Lipinski definition) is 2. The average Bonchev–Trinajstić information content (AvgIpc) is 2.83. The molecule has 1 aromatic carbocycles. The van der Waals surface area contributed by atoms with Crippen LogP contribution in [0.5, 0.6) is 11.5 Å². The number of ether oxygens (including phenoxy) is 2. The molecule has 0 radical (unpaired) electrons. The number of aliphatic hydroxyl groups is 1. The van der Waals surface area contributed by atoms with Crippen molar-refractivity contribution in [2.75, 3.05) is 19.8 Å². The van der Waals surface area contributed by atoms with Gasteiger partial charge in [0.25, 0.3) is 0 Å². The van der Waals surface area contributed by atoms with Gasteiger partial charge in [-0.15, -0.1) is 0 Å². The summed E-state index contributed by atoms with van der Waals surface area (Å²) in [5.74, 6) is 2.06. The molecule has 112 valence electrons. The van der Waals surface area contributed by atoms with Crippen molar-refractivity contribution in [3.63, 3.8) is 0 Å². The standard InChI is InChI=1S/C16H25NO3/c1-2-19-14-5-7-15(8-6-14)20-11-9-13-4-3-10-16(13,17)12-18/h5-8,13,18H,2-4,9-12,17H2,1H3. The van der Waals surface area contributed by atoms with Gasteiger partial charge in [0.15, 0.2) is 0 Å². The van der Waals surface area contributed by atoms with Crippen LogP contribution in [0, 0.1) is 5.92 Å². The first-order valence-electron chi connectivity index (χ1n) is 7.43. The first-order chi connectivity index (χ1) is 9.68. The third kappa shape index (κ3) is 3.64. The molecule has 20 heavy (non-hydrogen) atoms. The zero-order valence-corrected chi connectivity index (χ0v) is 12.2. The van der Waals surface area contributed by atoms with Gasteiger partial charge in [0.2, 0.25) is 0 Å². The van der Waals surface area contributed by atoms with E-state index < -0.39 is 5.54 Å². The summed E-state index contributed by atoms with van der Waals surface area (Å²) in [7, 11) is 0. The van der Waals surface area contributed by atoms with Gasteiger partial charge in [0, 0.05) is 5.54 Å². The minimum Gasteiger partial charge on any atom is -0.494 e. The fourth-order valence-corrected chi connectivity index (χ4v) is 2.93. The van der Waals surface area contributed by atoms with E-state index in [0.29, 0.717) is 19.1 Å². The van der Waals surface area contributed by atoms with Crippen molar-refractivity contribution in [2.24, 2.45) is 11.7 Å². The monoisotopic (exact) mass is 279 g/mol. The largest absolute Gasteiger partial charge is 0.494 e. The molecule has 2 atom stereocenters. The second-order valence-electron chi connectivity index (χ2n) is 5.52. The van der Waals surface area contributed by atoms with Crippen LogP contribution in [0.1, 0.15) is 32.6 Å². The number of rotatable bonds is 7. The summed E-state index contributed by atoms with van der Waals surface area (Å²) in [5.41, 5.74) is 5.81. The number of benzene rings is 1. The second-order valence-corrected chi connectivity index (χ2v) is 5.52. The van der Waals surface area contributed by atoms with Crippen molar-refractivity contribution < 1.29 is 14.6 Å². The number of aliphatic hydroxyl groups excluding tert-OH is 1. The summed E-state index contributed by atoms with van der Waals surface area (Å²) in [4.78, 5) is 0. The first kappa shape index (κ1) is 15.1. The molecule has 4 nitrogen and oxygen atoms in total. The highest BCUT2D eigenvalue weighted by Gasteiger charge is 2.38. The Morgan fingerprint density at radius 3 is 2.50 bits per heavy atom. The van der Waals surface area contributed by atoms with Crippen molar-refractivity contribution in [2.45, 2.75) is 38.1 Å². The van der Waals surface area contributed by atoms with Gasteiger partial charge >= 0.3 is 0 Å². The van der Waals surface area contributed by atoms with Crippen LogP contribution >= 0.6 is 0 Å². The van der Waals surface area contributed by atoms with Gasteiger partial charge in [0.1, 0.15) is 11.5 Å². The summed E-state index contributed by atoms with van der Waals surface area (Å²) in [6, 6.07) is 7.66. The van der Waals surface area contributed by atoms with Crippen LogP contribution in [0.4, 0.5) is 0 Å². The van der Waals surface area contributed by atoms with E-state index in [4.69, 9.17) is 15.2 Å². The lowest BCUT2D eigenvalue weighted by Gasteiger charge is -2.29. The van der Waals surface area contributed by atoms with Crippen molar-refractivity contribution in [3.8, 4) is 11.5 Å². The van der Waals surface area contributed by atoms with Crippen molar-refractivity contribution in [1.82, 2.24) is 0 Å². The maximum Gasteiger partial charge on any atom is 0.119 e. The lowest BCUT2D eigenvalue weighted by Crippen LogP contribution is -2.47. The van der Waals surface area contributed by atoms with E-state index in [1.165, 1.54) is 0 Å². The van der Waals surface area contributed by atoms with Crippen molar-refractivity contribution in [3.05, 3.63) is 24.3 Å². The molecule has 1 fully saturated rings. The van der Waals surface area contributed by atoms with Gasteiger partial charge in [-0.2, -0.15) is 0 Å². The maximum absolute atomic E-state index is 9.41.